The molecule has 0 aliphatic carbocycles. The molecule has 3 aromatic rings. The molecular formula is C23H26FN5O4. The number of amides is 1. The minimum Gasteiger partial charge on any atom is -0.394 e. The van der Waals surface area contributed by atoms with Crippen LogP contribution in [0.1, 0.15) is 27.3 Å². The summed E-state index contributed by atoms with van der Waals surface area (Å²) < 4.78 is 26.3. The first-order valence-corrected chi connectivity index (χ1v) is 10.7. The number of ether oxygens (including phenoxy) is 2. The predicted octanol–water partition coefficient (Wildman–Crippen LogP) is 1.80. The Morgan fingerprint density at radius 2 is 2.00 bits per heavy atom. The average molecular weight is 455 g/mol. The Hall–Kier alpha value is -3.21. The lowest BCUT2D eigenvalue weighted by atomic mass is 10.1. The highest BCUT2D eigenvalue weighted by Gasteiger charge is 2.22. The number of hydrogen-bond donors (Lipinski definition) is 2. The number of nitrogens with one attached hydrogen (secondary N) is 1. The summed E-state index contributed by atoms with van der Waals surface area (Å²) in [5.74, 6) is -0.153. The molecule has 1 saturated heterocycles. The molecule has 1 aliphatic heterocycles. The van der Waals surface area contributed by atoms with Gasteiger partial charge in [-0.1, -0.05) is 12.1 Å². The third kappa shape index (κ3) is 5.78. The van der Waals surface area contributed by atoms with E-state index in [2.05, 4.69) is 20.4 Å². The molecule has 1 aromatic carbocycles. The van der Waals surface area contributed by atoms with E-state index in [4.69, 9.17) is 14.6 Å². The maximum Gasteiger partial charge on any atom is 0.270 e. The van der Waals surface area contributed by atoms with Crippen molar-refractivity contribution in [1.29, 1.82) is 0 Å². The molecule has 1 fully saturated rings. The standard InChI is InChI=1S/C23H26FN5O4/c1-14-5-16(3-4-20(14)24)8-25-23(31)21-7-17(6-15(2)27-21)22-26-13-29(28-22)9-18-11-33-19(10-30)12-32-18/h3-7,13,18-19,30H,8-12H2,1-2H3,(H,25,31)/t18-,19?/m0/s1. The number of pyridine rings is 1. The Balaban J connectivity index is 1.41. The fraction of sp³-hybridized carbons (Fsp3) is 0.391. The fourth-order valence-corrected chi connectivity index (χ4v) is 3.52. The quantitative estimate of drug-likeness (QED) is 0.559. The van der Waals surface area contributed by atoms with E-state index in [-0.39, 0.29) is 42.8 Å². The van der Waals surface area contributed by atoms with Crippen LogP contribution in [0.4, 0.5) is 4.39 Å². The molecule has 4 rings (SSSR count). The zero-order valence-electron chi connectivity index (χ0n) is 18.5. The van der Waals surface area contributed by atoms with Crippen molar-refractivity contribution in [2.24, 2.45) is 0 Å². The Kier molecular flexibility index (Phi) is 7.07. The number of carbonyl (C=O) groups excluding carboxylic acids is 1. The Labute approximate surface area is 190 Å². The van der Waals surface area contributed by atoms with Gasteiger partial charge in [-0.3, -0.25) is 4.79 Å². The largest absolute Gasteiger partial charge is 0.394 e. The number of carbonyl (C=O) groups is 1. The molecule has 1 unspecified atom stereocenters. The van der Waals surface area contributed by atoms with Crippen LogP contribution in [0.25, 0.3) is 11.4 Å². The summed E-state index contributed by atoms with van der Waals surface area (Å²) in [6.45, 7) is 4.83. The van der Waals surface area contributed by atoms with Crippen LogP contribution >= 0.6 is 0 Å². The first-order valence-electron chi connectivity index (χ1n) is 10.7. The molecule has 174 valence electrons. The molecule has 0 radical (unpaired) electrons. The number of aliphatic hydroxyl groups is 1. The second kappa shape index (κ2) is 10.2. The number of aromatic nitrogens is 4. The highest BCUT2D eigenvalue weighted by atomic mass is 19.1. The molecule has 10 heteroatoms. The van der Waals surface area contributed by atoms with Gasteiger partial charge >= 0.3 is 0 Å². The maximum atomic E-state index is 13.4. The van der Waals surface area contributed by atoms with Gasteiger partial charge in [-0.05, 0) is 43.2 Å². The minimum atomic E-state index is -0.340. The molecule has 0 saturated carbocycles. The predicted molar refractivity (Wildman–Crippen MR) is 117 cm³/mol. The number of nitrogens with zero attached hydrogens (tertiary/aromatic N) is 4. The van der Waals surface area contributed by atoms with Crippen LogP contribution in [0, 0.1) is 19.7 Å². The van der Waals surface area contributed by atoms with E-state index >= 15 is 0 Å². The highest BCUT2D eigenvalue weighted by Crippen LogP contribution is 2.18. The van der Waals surface area contributed by atoms with Gasteiger partial charge in [0.1, 0.15) is 30.0 Å². The third-order valence-corrected chi connectivity index (χ3v) is 5.29. The zero-order chi connectivity index (χ0) is 23.4. The van der Waals surface area contributed by atoms with Crippen molar-refractivity contribution in [3.63, 3.8) is 0 Å². The second-order valence-corrected chi connectivity index (χ2v) is 8.03. The molecule has 33 heavy (non-hydrogen) atoms. The van der Waals surface area contributed by atoms with Crippen molar-refractivity contribution in [3.8, 4) is 11.4 Å². The second-order valence-electron chi connectivity index (χ2n) is 8.03. The molecule has 2 aromatic heterocycles. The molecule has 2 N–H and O–H groups in total. The van der Waals surface area contributed by atoms with Gasteiger partial charge in [0.15, 0.2) is 5.82 Å². The molecule has 0 bridgehead atoms. The number of rotatable bonds is 7. The number of benzene rings is 1. The molecule has 9 nitrogen and oxygen atoms in total. The monoisotopic (exact) mass is 455 g/mol. The summed E-state index contributed by atoms with van der Waals surface area (Å²) in [5.41, 5.74) is 2.91. The molecule has 3 heterocycles. The number of hydrogen-bond acceptors (Lipinski definition) is 7. The highest BCUT2D eigenvalue weighted by molar-refractivity contribution is 5.93. The lowest BCUT2D eigenvalue weighted by Crippen LogP contribution is -2.39. The lowest BCUT2D eigenvalue weighted by molar-refractivity contribution is -0.149. The summed E-state index contributed by atoms with van der Waals surface area (Å²) in [6, 6.07) is 8.18. The van der Waals surface area contributed by atoms with Gasteiger partial charge in [0.2, 0.25) is 0 Å². The van der Waals surface area contributed by atoms with Gasteiger partial charge in [0.25, 0.3) is 5.91 Å². The van der Waals surface area contributed by atoms with Crippen molar-refractivity contribution in [3.05, 3.63) is 65.0 Å². The first-order chi connectivity index (χ1) is 15.9. The van der Waals surface area contributed by atoms with Crippen molar-refractivity contribution in [2.75, 3.05) is 19.8 Å². The summed E-state index contributed by atoms with van der Waals surface area (Å²) in [5, 5.41) is 16.4. The summed E-state index contributed by atoms with van der Waals surface area (Å²) in [4.78, 5) is 21.4. The summed E-state index contributed by atoms with van der Waals surface area (Å²) in [7, 11) is 0. The molecule has 1 amide bonds. The Morgan fingerprint density at radius 1 is 1.21 bits per heavy atom. The van der Waals surface area contributed by atoms with Gasteiger partial charge in [0.05, 0.1) is 26.4 Å². The van der Waals surface area contributed by atoms with E-state index in [1.807, 2.05) is 6.07 Å². The van der Waals surface area contributed by atoms with E-state index in [0.717, 1.165) is 5.56 Å². The van der Waals surface area contributed by atoms with Crippen LogP contribution < -0.4 is 5.32 Å². The van der Waals surface area contributed by atoms with E-state index in [9.17, 15) is 9.18 Å². The van der Waals surface area contributed by atoms with Gasteiger partial charge in [-0.25, -0.2) is 19.0 Å². The van der Waals surface area contributed by atoms with E-state index in [0.29, 0.717) is 42.4 Å². The van der Waals surface area contributed by atoms with E-state index in [1.54, 1.807) is 43.1 Å². The van der Waals surface area contributed by atoms with Gasteiger partial charge in [-0.15, -0.1) is 0 Å². The lowest BCUT2D eigenvalue weighted by Gasteiger charge is -2.28. The van der Waals surface area contributed by atoms with Crippen LogP contribution in [-0.4, -0.2) is 62.8 Å². The van der Waals surface area contributed by atoms with Crippen LogP contribution in [-0.2, 0) is 22.6 Å². The number of halogens is 1. The molecule has 1 aliphatic rings. The molecule has 2 atom stereocenters. The Bertz CT molecular complexity index is 1130. The van der Waals surface area contributed by atoms with Gasteiger partial charge < -0.3 is 19.9 Å². The first kappa shape index (κ1) is 23.0. The average Bonchev–Trinajstić information content (AvgIpc) is 3.28. The van der Waals surface area contributed by atoms with Gasteiger partial charge in [-0.2, -0.15) is 5.10 Å². The fourth-order valence-electron chi connectivity index (χ4n) is 3.52. The number of aryl methyl sites for hydroxylation is 2. The van der Waals surface area contributed by atoms with Crippen LogP contribution in [0.5, 0.6) is 0 Å². The molecule has 0 spiro atoms. The third-order valence-electron chi connectivity index (χ3n) is 5.29. The van der Waals surface area contributed by atoms with Crippen molar-refractivity contribution >= 4 is 5.91 Å². The van der Waals surface area contributed by atoms with Crippen molar-refractivity contribution < 1.29 is 23.8 Å². The summed E-state index contributed by atoms with van der Waals surface area (Å²) >= 11 is 0. The number of aliphatic hydroxyl groups excluding tert-OH is 1. The van der Waals surface area contributed by atoms with Gasteiger partial charge in [0, 0.05) is 17.8 Å². The normalized spacial score (nSPS) is 18.3. The van der Waals surface area contributed by atoms with Crippen molar-refractivity contribution in [1.82, 2.24) is 25.1 Å². The Morgan fingerprint density at radius 3 is 2.73 bits per heavy atom. The van der Waals surface area contributed by atoms with E-state index in [1.165, 1.54) is 6.07 Å². The smallest absolute Gasteiger partial charge is 0.270 e. The summed E-state index contributed by atoms with van der Waals surface area (Å²) in [6.07, 6.45) is 1.13. The zero-order valence-corrected chi connectivity index (χ0v) is 18.5. The van der Waals surface area contributed by atoms with Crippen LogP contribution in [0.2, 0.25) is 0 Å². The van der Waals surface area contributed by atoms with Crippen LogP contribution in [0.3, 0.4) is 0 Å². The molecular weight excluding hydrogens is 429 g/mol. The SMILES string of the molecule is Cc1cc(-c2ncn(C[C@H]3COC(CO)CO3)n2)cc(C(=O)NCc2ccc(F)c(C)c2)n1. The van der Waals surface area contributed by atoms with Crippen molar-refractivity contribution in [2.45, 2.75) is 39.1 Å². The minimum absolute atomic E-state index is 0.0684. The van der Waals surface area contributed by atoms with Crippen LogP contribution in [0.15, 0.2) is 36.7 Å². The maximum absolute atomic E-state index is 13.4. The topological polar surface area (TPSA) is 111 Å². The van der Waals surface area contributed by atoms with E-state index < -0.39 is 0 Å².